The molecule has 3 rings (SSSR count). The van der Waals surface area contributed by atoms with Crippen molar-refractivity contribution in [1.29, 1.82) is 0 Å². The minimum atomic E-state index is -2.14. The van der Waals surface area contributed by atoms with Gasteiger partial charge in [0.2, 0.25) is 12.2 Å². The van der Waals surface area contributed by atoms with E-state index in [9.17, 15) is 13.8 Å². The number of esters is 2. The molecule has 1 aliphatic heterocycles. The zero-order chi connectivity index (χ0) is 16.9. The Balaban J connectivity index is 1.56. The first-order valence-electron chi connectivity index (χ1n) is 8.80. The van der Waals surface area contributed by atoms with Crippen LogP contribution in [-0.2, 0) is 38.8 Å². The summed E-state index contributed by atoms with van der Waals surface area (Å²) in [5.41, 5.74) is 0. The third kappa shape index (κ3) is 4.55. The smallest absolute Gasteiger partial charge is 0.340 e. The topological polar surface area (TPSA) is 88.1 Å². The quantitative estimate of drug-likeness (QED) is 0.709. The first-order valence-corrected chi connectivity index (χ1v) is 9.80. The summed E-state index contributed by atoms with van der Waals surface area (Å²) in [4.78, 5) is 24.6. The first-order chi connectivity index (χ1) is 11.6. The van der Waals surface area contributed by atoms with E-state index >= 15 is 0 Å². The van der Waals surface area contributed by atoms with Gasteiger partial charge in [-0.3, -0.25) is 0 Å². The summed E-state index contributed by atoms with van der Waals surface area (Å²) in [5, 5.41) is 0. The molecule has 3 fully saturated rings. The molecule has 2 aliphatic carbocycles. The van der Waals surface area contributed by atoms with Gasteiger partial charge in [0, 0.05) is 0 Å². The van der Waals surface area contributed by atoms with E-state index in [4.69, 9.17) is 17.8 Å². The normalized spacial score (nSPS) is 32.4. The minimum absolute atomic E-state index is 0.168. The van der Waals surface area contributed by atoms with Gasteiger partial charge in [0.05, 0.1) is 0 Å². The Bertz CT molecular complexity index is 441. The maximum absolute atomic E-state index is 12.3. The van der Waals surface area contributed by atoms with Crippen molar-refractivity contribution in [3.63, 3.8) is 0 Å². The molecule has 3 aliphatic rings. The van der Waals surface area contributed by atoms with Crippen molar-refractivity contribution in [1.82, 2.24) is 0 Å². The molecule has 7 nitrogen and oxygen atoms in total. The van der Waals surface area contributed by atoms with Gasteiger partial charge >= 0.3 is 23.3 Å². The average molecular weight is 360 g/mol. The standard InChI is InChI=1S/C16H24O7S/c17-15(20-11-7-3-1-4-8-11)13-14(23-24(19)22-13)16(18)21-12-9-5-2-6-10-12/h11-14H,1-10H2. The second kappa shape index (κ2) is 8.40. The molecule has 0 N–H and O–H groups in total. The monoisotopic (exact) mass is 360 g/mol. The minimum Gasteiger partial charge on any atom is -0.460 e. The van der Waals surface area contributed by atoms with E-state index in [0.29, 0.717) is 0 Å². The predicted molar refractivity (Wildman–Crippen MR) is 83.8 cm³/mol. The Hall–Kier alpha value is -0.990. The molecule has 2 unspecified atom stereocenters. The number of hydrogen-bond acceptors (Lipinski definition) is 7. The molecule has 24 heavy (non-hydrogen) atoms. The van der Waals surface area contributed by atoms with Gasteiger partial charge in [-0.15, -0.1) is 0 Å². The highest BCUT2D eigenvalue weighted by Crippen LogP contribution is 2.26. The summed E-state index contributed by atoms with van der Waals surface area (Å²) in [6, 6.07) is 0. The van der Waals surface area contributed by atoms with Crippen LogP contribution in [0.5, 0.6) is 0 Å². The molecule has 2 atom stereocenters. The van der Waals surface area contributed by atoms with Gasteiger partial charge < -0.3 is 9.47 Å². The van der Waals surface area contributed by atoms with Crippen LogP contribution in [0.2, 0.25) is 0 Å². The van der Waals surface area contributed by atoms with Gasteiger partial charge in [-0.1, -0.05) is 12.8 Å². The molecule has 8 heteroatoms. The molecule has 0 amide bonds. The zero-order valence-electron chi connectivity index (χ0n) is 13.6. The average Bonchev–Trinajstić information content (AvgIpc) is 2.99. The number of hydrogen-bond donors (Lipinski definition) is 0. The van der Waals surface area contributed by atoms with Crippen LogP contribution < -0.4 is 0 Å². The fourth-order valence-electron chi connectivity index (χ4n) is 3.45. The molecule has 0 aromatic rings. The van der Waals surface area contributed by atoms with Gasteiger partial charge in [-0.25, -0.2) is 18.0 Å². The number of carbonyl (C=O) groups is 2. The van der Waals surface area contributed by atoms with E-state index in [1.165, 1.54) is 0 Å². The summed E-state index contributed by atoms with van der Waals surface area (Å²) in [6.45, 7) is 0. The van der Waals surface area contributed by atoms with Crippen LogP contribution in [0.15, 0.2) is 0 Å². The largest absolute Gasteiger partial charge is 0.460 e. The van der Waals surface area contributed by atoms with Crippen LogP contribution in [0.25, 0.3) is 0 Å². The van der Waals surface area contributed by atoms with Crippen molar-refractivity contribution in [2.24, 2.45) is 0 Å². The summed E-state index contributed by atoms with van der Waals surface area (Å²) >= 11 is -2.14. The van der Waals surface area contributed by atoms with Crippen molar-refractivity contribution < 1.29 is 31.6 Å². The molecule has 0 aromatic heterocycles. The molecule has 0 spiro atoms. The van der Waals surface area contributed by atoms with Crippen LogP contribution in [0.4, 0.5) is 0 Å². The molecule has 1 heterocycles. The van der Waals surface area contributed by atoms with E-state index in [1.807, 2.05) is 0 Å². The summed E-state index contributed by atoms with van der Waals surface area (Å²) < 4.78 is 32.2. The molecule has 136 valence electrons. The third-order valence-electron chi connectivity index (χ3n) is 4.77. The van der Waals surface area contributed by atoms with E-state index in [-0.39, 0.29) is 12.2 Å². The highest BCUT2D eigenvalue weighted by atomic mass is 32.2. The van der Waals surface area contributed by atoms with E-state index in [2.05, 4.69) is 0 Å². The summed E-state index contributed by atoms with van der Waals surface area (Å²) in [6.07, 6.45) is 6.58. The molecule has 0 bridgehead atoms. The Kier molecular flexibility index (Phi) is 6.24. The molecule has 2 saturated carbocycles. The van der Waals surface area contributed by atoms with Gasteiger partial charge in [0.25, 0.3) is 0 Å². The summed E-state index contributed by atoms with van der Waals surface area (Å²) in [5.74, 6) is -1.39. The molecular formula is C16H24O7S. The zero-order valence-corrected chi connectivity index (χ0v) is 14.5. The molecule has 0 radical (unpaired) electrons. The number of rotatable bonds is 4. The van der Waals surface area contributed by atoms with Gasteiger partial charge in [-0.05, 0) is 51.4 Å². The lowest BCUT2D eigenvalue weighted by Crippen LogP contribution is -2.42. The number of ether oxygens (including phenoxy) is 2. The Morgan fingerprint density at radius 1 is 0.708 bits per heavy atom. The second-order valence-corrected chi connectivity index (χ2v) is 7.42. The highest BCUT2D eigenvalue weighted by molar-refractivity contribution is 7.75. The van der Waals surface area contributed by atoms with Crippen LogP contribution in [0.3, 0.4) is 0 Å². The second-order valence-electron chi connectivity index (χ2n) is 6.63. The SMILES string of the molecule is O=C(OC1CCCCC1)C1OS(=O)OC1C(=O)OC1CCCCC1. The maximum Gasteiger partial charge on any atom is 0.340 e. The predicted octanol–water partition coefficient (Wildman–Crippen LogP) is 2.10. The fraction of sp³-hybridized carbons (Fsp3) is 0.875. The van der Waals surface area contributed by atoms with Crippen molar-refractivity contribution in [3.05, 3.63) is 0 Å². The van der Waals surface area contributed by atoms with Crippen molar-refractivity contribution in [3.8, 4) is 0 Å². The summed E-state index contributed by atoms with van der Waals surface area (Å²) in [7, 11) is 0. The lowest BCUT2D eigenvalue weighted by Gasteiger charge is -2.25. The van der Waals surface area contributed by atoms with Crippen LogP contribution >= 0.6 is 0 Å². The van der Waals surface area contributed by atoms with Gasteiger partial charge in [0.1, 0.15) is 12.2 Å². The Morgan fingerprint density at radius 3 is 1.46 bits per heavy atom. The van der Waals surface area contributed by atoms with E-state index < -0.39 is 35.5 Å². The van der Waals surface area contributed by atoms with Crippen molar-refractivity contribution in [2.45, 2.75) is 88.6 Å². The number of carbonyl (C=O) groups excluding carboxylic acids is 2. The fourth-order valence-corrected chi connectivity index (χ4v) is 4.19. The van der Waals surface area contributed by atoms with E-state index in [0.717, 1.165) is 64.2 Å². The molecular weight excluding hydrogens is 336 g/mol. The molecule has 1 saturated heterocycles. The van der Waals surface area contributed by atoms with Crippen molar-refractivity contribution >= 4 is 23.3 Å². The first kappa shape index (κ1) is 17.8. The van der Waals surface area contributed by atoms with Crippen molar-refractivity contribution in [2.75, 3.05) is 0 Å². The molecule has 0 aromatic carbocycles. The lowest BCUT2D eigenvalue weighted by molar-refractivity contribution is -0.170. The Morgan fingerprint density at radius 2 is 1.08 bits per heavy atom. The highest BCUT2D eigenvalue weighted by Gasteiger charge is 2.48. The van der Waals surface area contributed by atoms with Gasteiger partial charge in [-0.2, -0.15) is 4.21 Å². The van der Waals surface area contributed by atoms with Crippen LogP contribution in [0.1, 0.15) is 64.2 Å². The van der Waals surface area contributed by atoms with Crippen LogP contribution in [-0.4, -0.2) is 40.6 Å². The maximum atomic E-state index is 12.3. The van der Waals surface area contributed by atoms with E-state index in [1.54, 1.807) is 0 Å². The third-order valence-corrected chi connectivity index (χ3v) is 5.50. The lowest BCUT2D eigenvalue weighted by atomic mass is 9.97. The van der Waals surface area contributed by atoms with Gasteiger partial charge in [0.15, 0.2) is 0 Å². The Labute approximate surface area is 144 Å². The van der Waals surface area contributed by atoms with Crippen LogP contribution in [0, 0.1) is 0 Å².